The summed E-state index contributed by atoms with van der Waals surface area (Å²) in [4.78, 5) is 14.9. The molecule has 1 aliphatic rings. The fourth-order valence-corrected chi connectivity index (χ4v) is 3.47. The van der Waals surface area contributed by atoms with Crippen LogP contribution in [0.5, 0.6) is 5.75 Å². The lowest BCUT2D eigenvalue weighted by molar-refractivity contribution is 0.0513. The molecule has 0 unspecified atom stereocenters. The van der Waals surface area contributed by atoms with Crippen molar-refractivity contribution in [2.75, 3.05) is 33.9 Å². The fraction of sp³-hybridized carbons (Fsp3) is 0.381. The Bertz CT molecular complexity index is 812. The van der Waals surface area contributed by atoms with E-state index < -0.39 is 0 Å². The molecule has 1 amide bonds. The lowest BCUT2D eigenvalue weighted by Crippen LogP contribution is -2.43. The normalized spacial score (nSPS) is 19.9. The van der Waals surface area contributed by atoms with Crippen LogP contribution >= 0.6 is 0 Å². The van der Waals surface area contributed by atoms with Crippen molar-refractivity contribution >= 4 is 5.91 Å². The van der Waals surface area contributed by atoms with Gasteiger partial charge in [0.05, 0.1) is 19.3 Å². The van der Waals surface area contributed by atoms with Crippen LogP contribution in [-0.2, 0) is 4.74 Å². The summed E-state index contributed by atoms with van der Waals surface area (Å²) in [6.45, 7) is 4.10. The minimum atomic E-state index is -0.353. The Hall–Kier alpha value is -2.44. The molecule has 2 aromatic carbocycles. The lowest BCUT2D eigenvalue weighted by Gasteiger charge is -2.20. The molecule has 2 atom stereocenters. The first-order chi connectivity index (χ1) is 13.0. The van der Waals surface area contributed by atoms with Crippen molar-refractivity contribution in [3.63, 3.8) is 0 Å². The van der Waals surface area contributed by atoms with Crippen LogP contribution in [0.25, 0.3) is 11.1 Å². The van der Waals surface area contributed by atoms with Gasteiger partial charge in [0.15, 0.2) is 0 Å². The molecule has 3 rings (SSSR count). The number of carbonyl (C=O) groups excluding carboxylic acids is 1. The van der Waals surface area contributed by atoms with Gasteiger partial charge in [0, 0.05) is 30.8 Å². The van der Waals surface area contributed by atoms with Crippen LogP contribution in [-0.4, -0.2) is 56.8 Å². The van der Waals surface area contributed by atoms with Gasteiger partial charge in [0.25, 0.3) is 5.91 Å². The van der Waals surface area contributed by atoms with Gasteiger partial charge in [-0.15, -0.1) is 0 Å². The van der Waals surface area contributed by atoms with Crippen molar-refractivity contribution in [1.29, 1.82) is 0 Å². The summed E-state index contributed by atoms with van der Waals surface area (Å²) in [6, 6.07) is 11.4. The van der Waals surface area contributed by atoms with Crippen molar-refractivity contribution in [2.45, 2.75) is 19.1 Å². The molecule has 0 bridgehead atoms. The number of likely N-dealkylation sites (N-methyl/N-ethyl adjacent to an activating group) is 1. The van der Waals surface area contributed by atoms with E-state index in [1.54, 1.807) is 24.3 Å². The van der Waals surface area contributed by atoms with E-state index in [2.05, 4.69) is 10.2 Å². The zero-order chi connectivity index (χ0) is 19.4. The van der Waals surface area contributed by atoms with Gasteiger partial charge in [-0.3, -0.25) is 4.79 Å². The Kier molecular flexibility index (Phi) is 6.08. The number of hydrogen-bond donors (Lipinski definition) is 1. The minimum absolute atomic E-state index is 0.0181. The molecule has 6 heteroatoms. The number of hydrogen-bond acceptors (Lipinski definition) is 4. The third-order valence-corrected chi connectivity index (χ3v) is 4.74. The Morgan fingerprint density at radius 2 is 2.07 bits per heavy atom. The van der Waals surface area contributed by atoms with Gasteiger partial charge < -0.3 is 19.7 Å². The molecule has 0 spiro atoms. The third kappa shape index (κ3) is 4.46. The second-order valence-electron chi connectivity index (χ2n) is 6.72. The van der Waals surface area contributed by atoms with E-state index in [4.69, 9.17) is 9.47 Å². The molecule has 1 fully saturated rings. The molecular formula is C21H25FN2O3. The first-order valence-corrected chi connectivity index (χ1v) is 9.06. The molecule has 27 heavy (non-hydrogen) atoms. The summed E-state index contributed by atoms with van der Waals surface area (Å²) in [6.07, 6.45) is -0.0181. The average molecular weight is 372 g/mol. The molecule has 0 saturated carbocycles. The van der Waals surface area contributed by atoms with Crippen LogP contribution < -0.4 is 10.1 Å². The van der Waals surface area contributed by atoms with E-state index in [0.29, 0.717) is 23.5 Å². The number of rotatable bonds is 6. The lowest BCUT2D eigenvalue weighted by atomic mass is 10.0. The molecule has 2 aromatic rings. The molecule has 0 radical (unpaired) electrons. The van der Waals surface area contributed by atoms with Crippen molar-refractivity contribution in [1.82, 2.24) is 10.2 Å². The number of nitrogens with zero attached hydrogens (tertiary/aromatic N) is 1. The maximum Gasteiger partial charge on any atom is 0.251 e. The van der Waals surface area contributed by atoms with E-state index in [9.17, 15) is 9.18 Å². The number of ether oxygens (including phenoxy) is 2. The average Bonchev–Trinajstić information content (AvgIpc) is 3.01. The van der Waals surface area contributed by atoms with E-state index in [1.807, 2.05) is 20.0 Å². The maximum absolute atomic E-state index is 13.7. The maximum atomic E-state index is 13.7. The Morgan fingerprint density at radius 3 is 2.81 bits per heavy atom. The predicted octanol–water partition coefficient (Wildman–Crippen LogP) is 2.95. The molecule has 5 nitrogen and oxygen atoms in total. The Morgan fingerprint density at radius 1 is 1.26 bits per heavy atom. The fourth-order valence-electron chi connectivity index (χ4n) is 3.47. The predicted molar refractivity (Wildman–Crippen MR) is 103 cm³/mol. The first kappa shape index (κ1) is 19.3. The van der Waals surface area contributed by atoms with Gasteiger partial charge >= 0.3 is 0 Å². The zero-order valence-corrected chi connectivity index (χ0v) is 15.9. The second kappa shape index (κ2) is 8.50. The zero-order valence-electron chi connectivity index (χ0n) is 15.9. The summed E-state index contributed by atoms with van der Waals surface area (Å²) < 4.78 is 24.8. The monoisotopic (exact) mass is 372 g/mol. The topological polar surface area (TPSA) is 50.8 Å². The molecule has 0 aromatic heterocycles. The molecule has 1 saturated heterocycles. The quantitative estimate of drug-likeness (QED) is 0.847. The third-order valence-electron chi connectivity index (χ3n) is 4.74. The Balaban J connectivity index is 1.81. The highest BCUT2D eigenvalue weighted by atomic mass is 19.1. The highest BCUT2D eigenvalue weighted by molar-refractivity contribution is 5.96. The van der Waals surface area contributed by atoms with E-state index in [0.717, 1.165) is 18.7 Å². The number of likely N-dealkylation sites (tertiary alicyclic amines) is 1. The van der Waals surface area contributed by atoms with Crippen LogP contribution in [0.4, 0.5) is 4.39 Å². The standard InChI is InChI=1S/C21H25FN2O3/c1-4-27-20-13-24(2)12-18(20)23-21(25)15-7-5-6-14(10-15)17-11-16(22)8-9-19(17)26-3/h5-11,18,20H,4,12-13H2,1-3H3,(H,23,25)/t18-,20-/m1/s1. The molecule has 1 heterocycles. The smallest absolute Gasteiger partial charge is 0.251 e. The minimum Gasteiger partial charge on any atom is -0.496 e. The van der Waals surface area contributed by atoms with E-state index in [-0.39, 0.29) is 23.9 Å². The number of carbonyl (C=O) groups is 1. The van der Waals surface area contributed by atoms with Crippen LogP contribution in [0, 0.1) is 5.82 Å². The number of halogens is 1. The van der Waals surface area contributed by atoms with Crippen molar-refractivity contribution in [3.05, 3.63) is 53.8 Å². The molecule has 0 aliphatic carbocycles. The first-order valence-electron chi connectivity index (χ1n) is 9.06. The number of benzene rings is 2. The van der Waals surface area contributed by atoms with E-state index in [1.165, 1.54) is 19.2 Å². The summed E-state index contributed by atoms with van der Waals surface area (Å²) in [5, 5.41) is 3.07. The summed E-state index contributed by atoms with van der Waals surface area (Å²) in [7, 11) is 3.55. The highest BCUT2D eigenvalue weighted by Gasteiger charge is 2.32. The van der Waals surface area contributed by atoms with Crippen molar-refractivity contribution in [3.8, 4) is 16.9 Å². The highest BCUT2D eigenvalue weighted by Crippen LogP contribution is 2.31. The summed E-state index contributed by atoms with van der Waals surface area (Å²) in [5.41, 5.74) is 1.85. The largest absolute Gasteiger partial charge is 0.496 e. The molecular weight excluding hydrogens is 347 g/mol. The van der Waals surface area contributed by atoms with Crippen molar-refractivity contribution < 1.29 is 18.7 Å². The van der Waals surface area contributed by atoms with Crippen molar-refractivity contribution in [2.24, 2.45) is 0 Å². The van der Waals surface area contributed by atoms with Gasteiger partial charge in [0.2, 0.25) is 0 Å². The number of methoxy groups -OCH3 is 1. The summed E-state index contributed by atoms with van der Waals surface area (Å²) in [5.74, 6) is 0.0363. The Labute approximate surface area is 159 Å². The van der Waals surface area contributed by atoms with Gasteiger partial charge in [-0.05, 0) is 49.9 Å². The number of nitrogens with one attached hydrogen (secondary N) is 1. The number of amides is 1. The molecule has 1 aliphatic heterocycles. The molecule has 144 valence electrons. The van der Waals surface area contributed by atoms with Gasteiger partial charge in [-0.1, -0.05) is 12.1 Å². The van der Waals surface area contributed by atoms with Gasteiger partial charge in [-0.25, -0.2) is 4.39 Å². The summed E-state index contributed by atoms with van der Waals surface area (Å²) >= 11 is 0. The van der Waals surface area contributed by atoms with Crippen LogP contribution in [0.1, 0.15) is 17.3 Å². The van der Waals surface area contributed by atoms with Gasteiger partial charge in [-0.2, -0.15) is 0 Å². The van der Waals surface area contributed by atoms with E-state index >= 15 is 0 Å². The molecule has 1 N–H and O–H groups in total. The SMILES string of the molecule is CCO[C@@H]1CN(C)C[C@H]1NC(=O)c1cccc(-c2cc(F)ccc2OC)c1. The second-order valence-corrected chi connectivity index (χ2v) is 6.72. The van der Waals surface area contributed by atoms with Crippen LogP contribution in [0.2, 0.25) is 0 Å². The van der Waals surface area contributed by atoms with Crippen LogP contribution in [0.15, 0.2) is 42.5 Å². The van der Waals surface area contributed by atoms with Gasteiger partial charge in [0.1, 0.15) is 11.6 Å². The van der Waals surface area contributed by atoms with Crippen LogP contribution in [0.3, 0.4) is 0 Å².